The SMILES string of the molecule is O=C(Cl)c1c(Cl)ccc(C(F)(F)F)c1F. The predicted octanol–water partition coefficient (Wildman–Crippen LogP) is 3.88. The summed E-state index contributed by atoms with van der Waals surface area (Å²) < 4.78 is 49.7. The Morgan fingerprint density at radius 1 is 1.27 bits per heavy atom. The second-order valence-electron chi connectivity index (χ2n) is 2.56. The molecule has 7 heteroatoms. The molecule has 0 aliphatic heterocycles. The van der Waals surface area contributed by atoms with E-state index in [4.69, 9.17) is 23.2 Å². The van der Waals surface area contributed by atoms with Crippen molar-refractivity contribution < 1.29 is 22.4 Å². The van der Waals surface area contributed by atoms with E-state index in [9.17, 15) is 22.4 Å². The van der Waals surface area contributed by atoms with Crippen molar-refractivity contribution in [3.8, 4) is 0 Å². The summed E-state index contributed by atoms with van der Waals surface area (Å²) in [5.74, 6) is -1.75. The summed E-state index contributed by atoms with van der Waals surface area (Å²) in [6.45, 7) is 0. The van der Waals surface area contributed by atoms with Crippen LogP contribution in [-0.4, -0.2) is 5.24 Å². The zero-order valence-corrected chi connectivity index (χ0v) is 8.34. The van der Waals surface area contributed by atoms with E-state index in [1.54, 1.807) is 0 Å². The predicted molar refractivity (Wildman–Crippen MR) is 46.6 cm³/mol. The number of alkyl halides is 3. The van der Waals surface area contributed by atoms with Crippen LogP contribution in [0.2, 0.25) is 5.02 Å². The van der Waals surface area contributed by atoms with Crippen LogP contribution in [-0.2, 0) is 6.18 Å². The molecule has 0 radical (unpaired) electrons. The first-order valence-corrected chi connectivity index (χ1v) is 4.25. The third kappa shape index (κ3) is 2.41. The van der Waals surface area contributed by atoms with Gasteiger partial charge in [0.1, 0.15) is 5.82 Å². The van der Waals surface area contributed by atoms with Crippen LogP contribution in [0.5, 0.6) is 0 Å². The van der Waals surface area contributed by atoms with Crippen molar-refractivity contribution in [2.75, 3.05) is 0 Å². The lowest BCUT2D eigenvalue weighted by Gasteiger charge is -2.10. The van der Waals surface area contributed by atoms with Crippen LogP contribution in [0.1, 0.15) is 15.9 Å². The van der Waals surface area contributed by atoms with E-state index in [1.165, 1.54) is 0 Å². The number of rotatable bonds is 1. The summed E-state index contributed by atoms with van der Waals surface area (Å²) in [6, 6.07) is 1.21. The van der Waals surface area contributed by atoms with Gasteiger partial charge in [0.05, 0.1) is 16.1 Å². The first-order chi connectivity index (χ1) is 6.75. The molecule has 15 heavy (non-hydrogen) atoms. The van der Waals surface area contributed by atoms with E-state index >= 15 is 0 Å². The number of benzene rings is 1. The van der Waals surface area contributed by atoms with Crippen molar-refractivity contribution in [3.63, 3.8) is 0 Å². The molecule has 0 aromatic heterocycles. The summed E-state index contributed by atoms with van der Waals surface area (Å²) in [5.41, 5.74) is -2.54. The number of hydrogen-bond donors (Lipinski definition) is 0. The second kappa shape index (κ2) is 3.98. The molecule has 0 unspecified atom stereocenters. The largest absolute Gasteiger partial charge is 0.419 e. The molecule has 0 amide bonds. The van der Waals surface area contributed by atoms with Gasteiger partial charge >= 0.3 is 6.18 Å². The highest BCUT2D eigenvalue weighted by atomic mass is 35.5. The average molecular weight is 261 g/mol. The molecule has 0 N–H and O–H groups in total. The van der Waals surface area contributed by atoms with Gasteiger partial charge in [-0.3, -0.25) is 4.79 Å². The molecule has 1 aromatic rings. The minimum atomic E-state index is -4.89. The Balaban J connectivity index is 3.49. The van der Waals surface area contributed by atoms with Crippen molar-refractivity contribution >= 4 is 28.4 Å². The van der Waals surface area contributed by atoms with Crippen molar-refractivity contribution in [1.82, 2.24) is 0 Å². The normalized spacial score (nSPS) is 11.6. The van der Waals surface area contributed by atoms with Crippen molar-refractivity contribution in [3.05, 3.63) is 34.1 Å². The molecule has 82 valence electrons. The Morgan fingerprint density at radius 2 is 1.80 bits per heavy atom. The topological polar surface area (TPSA) is 17.1 Å². The third-order valence-electron chi connectivity index (χ3n) is 1.59. The summed E-state index contributed by atoms with van der Waals surface area (Å²) >= 11 is 10.2. The Kier molecular flexibility index (Phi) is 3.25. The van der Waals surface area contributed by atoms with Gasteiger partial charge in [-0.1, -0.05) is 11.6 Å². The van der Waals surface area contributed by atoms with E-state index in [0.717, 1.165) is 6.07 Å². The highest BCUT2D eigenvalue weighted by Gasteiger charge is 2.36. The maximum Gasteiger partial charge on any atom is 0.419 e. The van der Waals surface area contributed by atoms with E-state index in [1.807, 2.05) is 0 Å². The number of halogens is 6. The molecule has 0 fully saturated rings. The molecule has 0 heterocycles. The van der Waals surface area contributed by atoms with Gasteiger partial charge in [0.25, 0.3) is 5.24 Å². The Hall–Kier alpha value is -0.810. The lowest BCUT2D eigenvalue weighted by atomic mass is 10.1. The zero-order valence-electron chi connectivity index (χ0n) is 6.83. The molecule has 1 rings (SSSR count). The maximum absolute atomic E-state index is 13.2. The van der Waals surface area contributed by atoms with Crippen LogP contribution in [0.3, 0.4) is 0 Å². The maximum atomic E-state index is 13.2. The van der Waals surface area contributed by atoms with E-state index in [0.29, 0.717) is 6.07 Å². The molecule has 1 aromatic carbocycles. The molecule has 0 aliphatic carbocycles. The summed E-state index contributed by atoms with van der Waals surface area (Å²) in [6.07, 6.45) is -4.89. The van der Waals surface area contributed by atoms with Crippen molar-refractivity contribution in [1.29, 1.82) is 0 Å². The summed E-state index contributed by atoms with van der Waals surface area (Å²) in [5, 5.41) is -1.83. The van der Waals surface area contributed by atoms with E-state index in [-0.39, 0.29) is 0 Å². The van der Waals surface area contributed by atoms with Gasteiger partial charge < -0.3 is 0 Å². The van der Waals surface area contributed by atoms with Crippen LogP contribution < -0.4 is 0 Å². The molecule has 0 spiro atoms. The quantitative estimate of drug-likeness (QED) is 0.553. The highest BCUT2D eigenvalue weighted by Crippen LogP contribution is 2.35. The van der Waals surface area contributed by atoms with Crippen LogP contribution in [0.25, 0.3) is 0 Å². The van der Waals surface area contributed by atoms with Crippen molar-refractivity contribution in [2.45, 2.75) is 6.18 Å². The van der Waals surface area contributed by atoms with Gasteiger partial charge in [-0.2, -0.15) is 13.2 Å². The lowest BCUT2D eigenvalue weighted by Crippen LogP contribution is -2.11. The van der Waals surface area contributed by atoms with Crippen LogP contribution >= 0.6 is 23.2 Å². The van der Waals surface area contributed by atoms with E-state index < -0.39 is 33.4 Å². The van der Waals surface area contributed by atoms with E-state index in [2.05, 4.69) is 0 Å². The van der Waals surface area contributed by atoms with Gasteiger partial charge in [-0.15, -0.1) is 0 Å². The fourth-order valence-corrected chi connectivity index (χ4v) is 1.42. The molecular formula is C8H2Cl2F4O. The summed E-state index contributed by atoms with van der Waals surface area (Å²) in [4.78, 5) is 10.6. The highest BCUT2D eigenvalue weighted by molar-refractivity contribution is 6.68. The third-order valence-corrected chi connectivity index (χ3v) is 2.10. The molecule has 1 nitrogen and oxygen atoms in total. The minimum Gasteiger partial charge on any atom is -0.275 e. The van der Waals surface area contributed by atoms with Crippen LogP contribution in [0.15, 0.2) is 12.1 Å². The van der Waals surface area contributed by atoms with Gasteiger partial charge in [0, 0.05) is 0 Å². The minimum absolute atomic E-state index is 0.445. The standard InChI is InChI=1S/C8H2Cl2F4O/c9-4-2-1-3(8(12,13)14)6(11)5(4)7(10)15/h1-2H. The summed E-state index contributed by atoms with van der Waals surface area (Å²) in [7, 11) is 0. The zero-order chi connectivity index (χ0) is 11.8. The number of carbonyl (C=O) groups excluding carboxylic acids is 1. The van der Waals surface area contributed by atoms with Crippen molar-refractivity contribution in [2.24, 2.45) is 0 Å². The number of carbonyl (C=O) groups is 1. The van der Waals surface area contributed by atoms with Crippen LogP contribution in [0.4, 0.5) is 17.6 Å². The Morgan fingerprint density at radius 3 is 2.20 bits per heavy atom. The van der Waals surface area contributed by atoms with Gasteiger partial charge in [-0.25, -0.2) is 4.39 Å². The Bertz CT molecular complexity index is 414. The average Bonchev–Trinajstić information content (AvgIpc) is 2.00. The smallest absolute Gasteiger partial charge is 0.275 e. The fourth-order valence-electron chi connectivity index (χ4n) is 0.952. The molecular weight excluding hydrogens is 259 g/mol. The molecule has 0 saturated carbocycles. The molecule has 0 atom stereocenters. The van der Waals surface area contributed by atoms with Gasteiger partial charge in [0.15, 0.2) is 0 Å². The van der Waals surface area contributed by atoms with Gasteiger partial charge in [0.2, 0.25) is 0 Å². The number of hydrogen-bond acceptors (Lipinski definition) is 1. The molecule has 0 bridgehead atoms. The second-order valence-corrected chi connectivity index (χ2v) is 3.31. The molecule has 0 aliphatic rings. The molecule has 0 saturated heterocycles. The Labute approximate surface area is 91.6 Å². The fraction of sp³-hybridized carbons (Fsp3) is 0.125. The first kappa shape index (κ1) is 12.3. The lowest BCUT2D eigenvalue weighted by molar-refractivity contribution is -0.140. The van der Waals surface area contributed by atoms with Crippen LogP contribution in [0, 0.1) is 5.82 Å². The monoisotopic (exact) mass is 260 g/mol. The first-order valence-electron chi connectivity index (χ1n) is 3.50. The van der Waals surface area contributed by atoms with Gasteiger partial charge in [-0.05, 0) is 23.7 Å².